The van der Waals surface area contributed by atoms with Crippen LogP contribution in [-0.4, -0.2) is 23.9 Å². The maximum absolute atomic E-state index is 10.7. The molecule has 1 amide bonds. The number of amides is 1. The van der Waals surface area contributed by atoms with Gasteiger partial charge in [0.15, 0.2) is 0 Å². The van der Waals surface area contributed by atoms with Crippen LogP contribution in [0, 0.1) is 0 Å². The minimum Gasteiger partial charge on any atom is -0.449 e. The van der Waals surface area contributed by atoms with E-state index in [2.05, 4.69) is 20.2 Å². The van der Waals surface area contributed by atoms with Crippen LogP contribution in [0.5, 0.6) is 0 Å². The SMILES string of the molecule is CCOC(=O)N/N=C\c1ccc[nH]1. The molecule has 2 N–H and O–H groups in total. The van der Waals surface area contributed by atoms with Crippen molar-refractivity contribution in [3.05, 3.63) is 24.0 Å². The molecule has 1 aromatic heterocycles. The average Bonchev–Trinajstić information content (AvgIpc) is 2.57. The third kappa shape index (κ3) is 3.42. The summed E-state index contributed by atoms with van der Waals surface area (Å²) in [6.45, 7) is 2.07. The standard InChI is InChI=1S/C8H11N3O2/c1-2-13-8(12)11-10-6-7-4-3-5-9-7/h3-6,9H,2H2,1H3,(H,11,12)/b10-6-. The molecule has 0 aromatic carbocycles. The zero-order valence-corrected chi connectivity index (χ0v) is 7.28. The molecule has 0 radical (unpaired) electrons. The number of nitrogens with one attached hydrogen (secondary N) is 2. The number of hydrogen-bond donors (Lipinski definition) is 2. The van der Waals surface area contributed by atoms with Gasteiger partial charge in [-0.3, -0.25) is 0 Å². The first-order chi connectivity index (χ1) is 6.33. The number of aromatic amines is 1. The normalized spacial score (nSPS) is 10.2. The summed E-state index contributed by atoms with van der Waals surface area (Å²) in [5.74, 6) is 0. The quantitative estimate of drug-likeness (QED) is 0.541. The first-order valence-electron chi connectivity index (χ1n) is 3.92. The number of carbonyl (C=O) groups excluding carboxylic acids is 1. The number of H-pyrrole nitrogens is 1. The van der Waals surface area contributed by atoms with Crippen molar-refractivity contribution in [3.63, 3.8) is 0 Å². The van der Waals surface area contributed by atoms with E-state index in [-0.39, 0.29) is 0 Å². The van der Waals surface area contributed by atoms with Crippen LogP contribution in [0.1, 0.15) is 12.6 Å². The highest BCUT2D eigenvalue weighted by Gasteiger charge is 1.94. The number of aromatic nitrogens is 1. The highest BCUT2D eigenvalue weighted by Crippen LogP contribution is 1.88. The van der Waals surface area contributed by atoms with Crippen LogP contribution in [-0.2, 0) is 4.74 Å². The highest BCUT2D eigenvalue weighted by molar-refractivity contribution is 5.78. The van der Waals surface area contributed by atoms with E-state index in [1.165, 1.54) is 6.21 Å². The summed E-state index contributed by atoms with van der Waals surface area (Å²) in [6.07, 6.45) is 2.72. The molecule has 0 unspecified atom stereocenters. The van der Waals surface area contributed by atoms with Gasteiger partial charge in [-0.1, -0.05) is 0 Å². The Labute approximate surface area is 75.8 Å². The van der Waals surface area contributed by atoms with Gasteiger partial charge < -0.3 is 9.72 Å². The van der Waals surface area contributed by atoms with Gasteiger partial charge in [0.25, 0.3) is 0 Å². The molecule has 0 aliphatic heterocycles. The lowest BCUT2D eigenvalue weighted by Crippen LogP contribution is -2.18. The molecule has 13 heavy (non-hydrogen) atoms. The summed E-state index contributed by atoms with van der Waals surface area (Å²) >= 11 is 0. The van der Waals surface area contributed by atoms with E-state index >= 15 is 0 Å². The van der Waals surface area contributed by atoms with E-state index in [0.717, 1.165) is 5.69 Å². The van der Waals surface area contributed by atoms with Gasteiger partial charge in [0.1, 0.15) is 0 Å². The zero-order chi connectivity index (χ0) is 9.52. The minimum absolute atomic E-state index is 0.337. The summed E-state index contributed by atoms with van der Waals surface area (Å²) in [4.78, 5) is 13.6. The molecule has 5 nitrogen and oxygen atoms in total. The second kappa shape index (κ2) is 4.97. The Hall–Kier alpha value is -1.78. The smallest absolute Gasteiger partial charge is 0.427 e. The molecule has 0 bridgehead atoms. The molecule has 0 saturated heterocycles. The average molecular weight is 181 g/mol. The molecular formula is C8H11N3O2. The van der Waals surface area contributed by atoms with Crippen molar-refractivity contribution < 1.29 is 9.53 Å². The van der Waals surface area contributed by atoms with Gasteiger partial charge in [0.2, 0.25) is 0 Å². The Kier molecular flexibility index (Phi) is 3.56. The zero-order valence-electron chi connectivity index (χ0n) is 7.28. The van der Waals surface area contributed by atoms with Gasteiger partial charge in [0.05, 0.1) is 18.5 Å². The number of rotatable bonds is 3. The number of hydrogen-bond acceptors (Lipinski definition) is 3. The Bertz CT molecular complexity index is 280. The predicted octanol–water partition coefficient (Wildman–Crippen LogP) is 1.09. The Balaban J connectivity index is 2.30. The number of ether oxygens (including phenoxy) is 1. The third-order valence-electron chi connectivity index (χ3n) is 1.26. The van der Waals surface area contributed by atoms with Crippen molar-refractivity contribution in [1.82, 2.24) is 10.4 Å². The summed E-state index contributed by atoms with van der Waals surface area (Å²) in [7, 11) is 0. The second-order valence-electron chi connectivity index (χ2n) is 2.22. The lowest BCUT2D eigenvalue weighted by atomic mass is 10.5. The van der Waals surface area contributed by atoms with Crippen LogP contribution >= 0.6 is 0 Å². The molecule has 0 spiro atoms. The van der Waals surface area contributed by atoms with Crippen LogP contribution in [0.3, 0.4) is 0 Å². The molecule has 0 fully saturated rings. The molecule has 0 saturated carbocycles. The number of nitrogens with zero attached hydrogens (tertiary/aromatic N) is 1. The van der Waals surface area contributed by atoms with Crippen molar-refractivity contribution in [1.29, 1.82) is 0 Å². The Morgan fingerprint density at radius 1 is 1.85 bits per heavy atom. The third-order valence-corrected chi connectivity index (χ3v) is 1.26. The summed E-state index contributed by atoms with van der Waals surface area (Å²) < 4.78 is 4.59. The molecule has 1 aromatic rings. The predicted molar refractivity (Wildman–Crippen MR) is 48.5 cm³/mol. The summed E-state index contributed by atoms with van der Waals surface area (Å²) in [5.41, 5.74) is 3.03. The van der Waals surface area contributed by atoms with Gasteiger partial charge in [-0.25, -0.2) is 10.2 Å². The molecule has 5 heteroatoms. The van der Waals surface area contributed by atoms with Crippen molar-refractivity contribution in [2.75, 3.05) is 6.61 Å². The van der Waals surface area contributed by atoms with Gasteiger partial charge in [0, 0.05) is 6.20 Å². The maximum Gasteiger partial charge on any atom is 0.427 e. The van der Waals surface area contributed by atoms with Crippen molar-refractivity contribution in [2.45, 2.75) is 6.92 Å². The fourth-order valence-electron chi connectivity index (χ4n) is 0.742. The van der Waals surface area contributed by atoms with E-state index in [0.29, 0.717) is 6.61 Å². The number of carbonyl (C=O) groups is 1. The van der Waals surface area contributed by atoms with Gasteiger partial charge in [-0.2, -0.15) is 5.10 Å². The van der Waals surface area contributed by atoms with Gasteiger partial charge in [-0.05, 0) is 19.1 Å². The van der Waals surface area contributed by atoms with E-state index in [1.54, 1.807) is 13.1 Å². The van der Waals surface area contributed by atoms with Crippen molar-refractivity contribution >= 4 is 12.3 Å². The summed E-state index contributed by atoms with van der Waals surface area (Å²) in [6, 6.07) is 3.67. The molecule has 1 heterocycles. The van der Waals surface area contributed by atoms with Crippen LogP contribution in [0.25, 0.3) is 0 Å². The van der Waals surface area contributed by atoms with E-state index in [4.69, 9.17) is 0 Å². The van der Waals surface area contributed by atoms with Crippen LogP contribution in [0.15, 0.2) is 23.4 Å². The molecule has 0 aliphatic rings. The van der Waals surface area contributed by atoms with Crippen molar-refractivity contribution in [2.24, 2.45) is 5.10 Å². The topological polar surface area (TPSA) is 66.5 Å². The highest BCUT2D eigenvalue weighted by atomic mass is 16.5. The lowest BCUT2D eigenvalue weighted by Gasteiger charge is -1.97. The molecular weight excluding hydrogens is 170 g/mol. The monoisotopic (exact) mass is 181 g/mol. The van der Waals surface area contributed by atoms with Crippen LogP contribution in [0.2, 0.25) is 0 Å². The summed E-state index contributed by atoms with van der Waals surface area (Å²) in [5, 5.41) is 3.65. The fourth-order valence-corrected chi connectivity index (χ4v) is 0.742. The Morgan fingerprint density at radius 3 is 3.31 bits per heavy atom. The van der Waals surface area contributed by atoms with E-state index in [9.17, 15) is 4.79 Å². The Morgan fingerprint density at radius 2 is 2.69 bits per heavy atom. The van der Waals surface area contributed by atoms with E-state index < -0.39 is 6.09 Å². The largest absolute Gasteiger partial charge is 0.449 e. The van der Waals surface area contributed by atoms with Gasteiger partial charge >= 0.3 is 6.09 Å². The molecule has 0 atom stereocenters. The number of hydrazone groups is 1. The van der Waals surface area contributed by atoms with Gasteiger partial charge in [-0.15, -0.1) is 0 Å². The van der Waals surface area contributed by atoms with Crippen LogP contribution < -0.4 is 5.43 Å². The maximum atomic E-state index is 10.7. The van der Waals surface area contributed by atoms with Crippen molar-refractivity contribution in [3.8, 4) is 0 Å². The van der Waals surface area contributed by atoms with E-state index in [1.807, 2.05) is 12.1 Å². The molecule has 70 valence electrons. The minimum atomic E-state index is -0.551. The molecule has 1 rings (SSSR count). The van der Waals surface area contributed by atoms with Crippen LogP contribution in [0.4, 0.5) is 4.79 Å². The fraction of sp³-hybridized carbons (Fsp3) is 0.250. The second-order valence-corrected chi connectivity index (χ2v) is 2.22. The molecule has 0 aliphatic carbocycles. The first kappa shape index (κ1) is 9.31. The first-order valence-corrected chi connectivity index (χ1v) is 3.92. The lowest BCUT2D eigenvalue weighted by molar-refractivity contribution is 0.152.